The Balaban J connectivity index is 2.83. The van der Waals surface area contributed by atoms with Crippen molar-refractivity contribution in [2.45, 2.75) is 17.6 Å². The molecule has 0 amide bonds. The van der Waals surface area contributed by atoms with Gasteiger partial charge in [-0.3, -0.25) is 4.79 Å². The number of carbonyl (C=O) groups is 1. The molecule has 5 nitrogen and oxygen atoms in total. The van der Waals surface area contributed by atoms with Gasteiger partial charge in [0, 0.05) is 13.6 Å². The van der Waals surface area contributed by atoms with E-state index in [0.717, 1.165) is 25.0 Å². The molecule has 0 aromatic carbocycles. The molecular weight excluding hydrogens is 342 g/mol. The predicted octanol–water partition coefficient (Wildman–Crippen LogP) is 2.00. The molecule has 18 heavy (non-hydrogen) atoms. The van der Waals surface area contributed by atoms with E-state index >= 15 is 0 Å². The third-order valence-electron chi connectivity index (χ3n) is 2.36. The largest absolute Gasteiger partial charge is 0.469 e. The molecular formula is C10H14BrNO4S2. The molecule has 0 unspecified atom stereocenters. The molecule has 1 aromatic heterocycles. The zero-order valence-electron chi connectivity index (χ0n) is 10.3. The van der Waals surface area contributed by atoms with E-state index in [2.05, 4.69) is 20.7 Å². The van der Waals surface area contributed by atoms with E-state index in [4.69, 9.17) is 0 Å². The highest BCUT2D eigenvalue weighted by Crippen LogP contribution is 2.31. The van der Waals surface area contributed by atoms with Crippen LogP contribution in [-0.4, -0.2) is 39.4 Å². The minimum absolute atomic E-state index is 0.0394. The Labute approximate surface area is 119 Å². The number of nitrogens with zero attached hydrogens (tertiary/aromatic N) is 1. The maximum absolute atomic E-state index is 12.2. The number of esters is 1. The lowest BCUT2D eigenvalue weighted by Crippen LogP contribution is -2.28. The van der Waals surface area contributed by atoms with Gasteiger partial charge in [0.2, 0.25) is 0 Å². The van der Waals surface area contributed by atoms with Crippen LogP contribution in [0.2, 0.25) is 0 Å². The number of sulfonamides is 1. The zero-order valence-corrected chi connectivity index (χ0v) is 13.5. The molecule has 0 bridgehead atoms. The highest BCUT2D eigenvalue weighted by Gasteiger charge is 2.24. The molecule has 0 N–H and O–H groups in total. The van der Waals surface area contributed by atoms with Crippen LogP contribution in [0.4, 0.5) is 0 Å². The average molecular weight is 356 g/mol. The van der Waals surface area contributed by atoms with Crippen molar-refractivity contribution in [2.75, 3.05) is 20.7 Å². The molecule has 102 valence electrons. The second kappa shape index (κ2) is 6.14. The van der Waals surface area contributed by atoms with Crippen LogP contribution in [0.5, 0.6) is 0 Å². The van der Waals surface area contributed by atoms with Gasteiger partial charge < -0.3 is 4.74 Å². The number of halogens is 1. The van der Waals surface area contributed by atoms with E-state index in [-0.39, 0.29) is 17.2 Å². The highest BCUT2D eigenvalue weighted by atomic mass is 79.9. The maximum atomic E-state index is 12.2. The number of rotatable bonds is 5. The smallest absolute Gasteiger partial charge is 0.306 e. The van der Waals surface area contributed by atoms with Gasteiger partial charge in [0.05, 0.1) is 17.3 Å². The number of carbonyl (C=O) groups excluding carboxylic acids is 1. The van der Waals surface area contributed by atoms with Gasteiger partial charge in [-0.1, -0.05) is 0 Å². The fraction of sp³-hybridized carbons (Fsp3) is 0.500. The monoisotopic (exact) mass is 355 g/mol. The van der Waals surface area contributed by atoms with Crippen LogP contribution >= 0.6 is 27.3 Å². The van der Waals surface area contributed by atoms with Crippen molar-refractivity contribution in [3.05, 3.63) is 15.4 Å². The lowest BCUT2D eigenvalue weighted by molar-refractivity contribution is -0.140. The van der Waals surface area contributed by atoms with Crippen LogP contribution in [0.25, 0.3) is 0 Å². The van der Waals surface area contributed by atoms with Crippen molar-refractivity contribution in [3.8, 4) is 0 Å². The first-order chi connectivity index (χ1) is 8.28. The molecule has 0 saturated heterocycles. The average Bonchev–Trinajstić information content (AvgIpc) is 2.66. The molecule has 0 spiro atoms. The van der Waals surface area contributed by atoms with Crippen LogP contribution in [-0.2, 0) is 19.6 Å². The topological polar surface area (TPSA) is 63.7 Å². The Kier molecular flexibility index (Phi) is 5.32. The molecule has 0 radical (unpaired) electrons. The minimum Gasteiger partial charge on any atom is -0.469 e. The van der Waals surface area contributed by atoms with E-state index in [1.54, 1.807) is 6.07 Å². The van der Waals surface area contributed by atoms with Gasteiger partial charge in [-0.05, 0) is 34.5 Å². The summed E-state index contributed by atoms with van der Waals surface area (Å²) >= 11 is 4.45. The van der Waals surface area contributed by atoms with Crippen molar-refractivity contribution in [1.29, 1.82) is 0 Å². The maximum Gasteiger partial charge on any atom is 0.306 e. The van der Waals surface area contributed by atoms with Gasteiger partial charge in [-0.2, -0.15) is 4.31 Å². The van der Waals surface area contributed by atoms with Crippen molar-refractivity contribution in [3.63, 3.8) is 0 Å². The van der Waals surface area contributed by atoms with E-state index < -0.39 is 16.0 Å². The van der Waals surface area contributed by atoms with Gasteiger partial charge in [0.15, 0.2) is 0 Å². The van der Waals surface area contributed by atoms with Gasteiger partial charge in [-0.25, -0.2) is 8.42 Å². The van der Waals surface area contributed by atoms with Crippen LogP contribution in [0.3, 0.4) is 0 Å². The summed E-state index contributed by atoms with van der Waals surface area (Å²) in [6.45, 7) is 1.93. The first-order valence-electron chi connectivity index (χ1n) is 5.08. The third-order valence-corrected chi connectivity index (χ3v) is 6.80. The first kappa shape index (κ1) is 15.6. The quantitative estimate of drug-likeness (QED) is 0.757. The highest BCUT2D eigenvalue weighted by molar-refractivity contribution is 9.11. The number of aryl methyl sites for hydroxylation is 1. The third kappa shape index (κ3) is 3.53. The molecule has 0 aliphatic rings. The summed E-state index contributed by atoms with van der Waals surface area (Å²) in [4.78, 5) is 11.0. The molecule has 0 atom stereocenters. The van der Waals surface area contributed by atoms with Gasteiger partial charge in [-0.15, -0.1) is 11.3 Å². The van der Waals surface area contributed by atoms with Gasteiger partial charge in [0.1, 0.15) is 4.21 Å². The fourth-order valence-electron chi connectivity index (χ4n) is 1.18. The Morgan fingerprint density at radius 1 is 1.56 bits per heavy atom. The predicted molar refractivity (Wildman–Crippen MR) is 73.2 cm³/mol. The molecule has 0 aliphatic carbocycles. The number of hydrogen-bond donors (Lipinski definition) is 0. The lowest BCUT2D eigenvalue weighted by Gasteiger charge is -2.14. The van der Waals surface area contributed by atoms with Gasteiger partial charge >= 0.3 is 5.97 Å². The van der Waals surface area contributed by atoms with Crippen molar-refractivity contribution >= 4 is 43.3 Å². The van der Waals surface area contributed by atoms with Crippen molar-refractivity contribution < 1.29 is 17.9 Å². The van der Waals surface area contributed by atoms with E-state index in [1.165, 1.54) is 14.2 Å². The Morgan fingerprint density at radius 2 is 2.17 bits per heavy atom. The Morgan fingerprint density at radius 3 is 2.61 bits per heavy atom. The molecule has 1 aromatic rings. The van der Waals surface area contributed by atoms with Crippen molar-refractivity contribution in [2.24, 2.45) is 0 Å². The second-order valence-corrected chi connectivity index (χ2v) is 8.32. The fourth-order valence-corrected chi connectivity index (χ4v) is 4.79. The summed E-state index contributed by atoms with van der Waals surface area (Å²) in [5, 5.41) is 0. The minimum atomic E-state index is -3.53. The first-order valence-corrected chi connectivity index (χ1v) is 8.13. The van der Waals surface area contributed by atoms with Crippen LogP contribution < -0.4 is 0 Å². The number of hydrogen-bond acceptors (Lipinski definition) is 5. The second-order valence-electron chi connectivity index (χ2n) is 3.67. The molecule has 1 rings (SSSR count). The molecule has 0 fully saturated rings. The van der Waals surface area contributed by atoms with Crippen LogP contribution in [0.1, 0.15) is 12.0 Å². The van der Waals surface area contributed by atoms with E-state index in [0.29, 0.717) is 0 Å². The van der Waals surface area contributed by atoms with E-state index in [9.17, 15) is 13.2 Å². The zero-order chi connectivity index (χ0) is 13.9. The molecule has 8 heteroatoms. The summed E-state index contributed by atoms with van der Waals surface area (Å²) in [6, 6.07) is 1.61. The normalized spacial score (nSPS) is 11.8. The Hall–Kier alpha value is -0.440. The van der Waals surface area contributed by atoms with Crippen LogP contribution in [0.15, 0.2) is 14.1 Å². The summed E-state index contributed by atoms with van der Waals surface area (Å²) in [7, 11) is -0.810. The molecule has 1 heterocycles. The number of ether oxygens (including phenoxy) is 1. The van der Waals surface area contributed by atoms with Crippen LogP contribution in [0, 0.1) is 6.92 Å². The molecule has 0 saturated carbocycles. The Bertz CT molecular complexity index is 519. The lowest BCUT2D eigenvalue weighted by atomic mass is 10.4. The summed E-state index contributed by atoms with van der Waals surface area (Å²) in [6.07, 6.45) is 0.0394. The SMILES string of the molecule is COC(=O)CCN(C)S(=O)(=O)c1cc(C)c(Br)s1. The summed E-state index contributed by atoms with van der Waals surface area (Å²) < 4.78 is 31.0. The summed E-state index contributed by atoms with van der Waals surface area (Å²) in [5.74, 6) is -0.430. The summed E-state index contributed by atoms with van der Waals surface area (Å²) in [5.41, 5.74) is 0.875. The van der Waals surface area contributed by atoms with E-state index in [1.807, 2.05) is 6.92 Å². The number of thiophene rings is 1. The molecule has 0 aliphatic heterocycles. The standard InChI is InChI=1S/C10H14BrNO4S2/c1-7-6-9(17-10(7)11)18(14,15)12(2)5-4-8(13)16-3/h6H,4-5H2,1-3H3. The van der Waals surface area contributed by atoms with Crippen molar-refractivity contribution in [1.82, 2.24) is 4.31 Å². The number of methoxy groups -OCH3 is 1. The van der Waals surface area contributed by atoms with Gasteiger partial charge in [0.25, 0.3) is 10.0 Å².